The lowest BCUT2D eigenvalue weighted by atomic mass is 10.1. The van der Waals surface area contributed by atoms with Gasteiger partial charge in [0.2, 0.25) is 0 Å². The smallest absolute Gasteiger partial charge is 0.137 e. The number of hydrogen-bond acceptors (Lipinski definition) is 2. The number of nitrogens with zero attached hydrogens (tertiary/aromatic N) is 1. The Morgan fingerprint density at radius 2 is 2.33 bits per heavy atom. The normalized spacial score (nSPS) is 12.7. The van der Waals surface area contributed by atoms with Gasteiger partial charge in [0.25, 0.3) is 0 Å². The van der Waals surface area contributed by atoms with Crippen LogP contribution in [-0.4, -0.2) is 20.8 Å². The van der Waals surface area contributed by atoms with Crippen LogP contribution in [-0.2, 0) is 16.9 Å². The molecular formula is C11H12N2OS. The average molecular weight is 220 g/mol. The quantitative estimate of drug-likeness (QED) is 0.804. The van der Waals surface area contributed by atoms with Crippen LogP contribution in [0.5, 0.6) is 0 Å². The second-order valence-electron chi connectivity index (χ2n) is 3.36. The van der Waals surface area contributed by atoms with Crippen molar-refractivity contribution in [3.8, 4) is 11.4 Å². The lowest BCUT2D eigenvalue weighted by molar-refractivity contribution is 0.600. The van der Waals surface area contributed by atoms with Gasteiger partial charge in [-0.05, 0) is 6.07 Å². The molecule has 1 N–H and O–H groups in total. The molecule has 0 aliphatic rings. The lowest BCUT2D eigenvalue weighted by Crippen LogP contribution is -2.00. The minimum absolute atomic E-state index is 0.592. The molecule has 1 unspecified atom stereocenters. The summed E-state index contributed by atoms with van der Waals surface area (Å²) in [6.07, 6.45) is 5.22. The van der Waals surface area contributed by atoms with Gasteiger partial charge < -0.3 is 9.54 Å². The van der Waals surface area contributed by atoms with Gasteiger partial charge in [0.05, 0.1) is 6.26 Å². The number of aromatic amines is 1. The zero-order valence-corrected chi connectivity index (χ0v) is 9.25. The topological polar surface area (TPSA) is 51.7 Å². The van der Waals surface area contributed by atoms with Crippen LogP contribution in [0.15, 0.2) is 36.7 Å². The number of aromatic nitrogens is 2. The van der Waals surface area contributed by atoms with Crippen molar-refractivity contribution in [3.63, 3.8) is 0 Å². The highest BCUT2D eigenvalue weighted by molar-refractivity contribution is 7.89. The zero-order valence-electron chi connectivity index (χ0n) is 8.43. The standard InChI is InChI=1S/C11H12N2OS/c1-15(14)8-9-3-2-4-10(7-9)11-12-5-6-13-11/h2-7H,8H2,1H3,(H,12,13). The van der Waals surface area contributed by atoms with Crippen LogP contribution >= 0.6 is 0 Å². The molecule has 0 saturated carbocycles. The molecule has 2 rings (SSSR count). The van der Waals surface area contributed by atoms with E-state index in [1.165, 1.54) is 0 Å². The van der Waals surface area contributed by atoms with Crippen LogP contribution in [0.3, 0.4) is 0 Å². The second kappa shape index (κ2) is 4.51. The summed E-state index contributed by atoms with van der Waals surface area (Å²) >= 11 is -0.802. The number of hydrogen-bond donors (Lipinski definition) is 1. The summed E-state index contributed by atoms with van der Waals surface area (Å²) in [5, 5.41) is 0. The summed E-state index contributed by atoms with van der Waals surface area (Å²) in [6, 6.07) is 7.94. The van der Waals surface area contributed by atoms with Crippen LogP contribution in [0.25, 0.3) is 11.4 Å². The van der Waals surface area contributed by atoms with Crippen molar-refractivity contribution in [2.75, 3.05) is 6.26 Å². The summed E-state index contributed by atoms with van der Waals surface area (Å²) in [5.41, 5.74) is 2.10. The maximum absolute atomic E-state index is 11.1. The molecule has 0 spiro atoms. The summed E-state index contributed by atoms with van der Waals surface area (Å²) < 4.78 is 11.1. The molecule has 3 nitrogen and oxygen atoms in total. The van der Waals surface area contributed by atoms with E-state index in [-0.39, 0.29) is 0 Å². The minimum Gasteiger partial charge on any atom is -0.616 e. The molecule has 0 bridgehead atoms. The van der Waals surface area contributed by atoms with Crippen molar-refractivity contribution >= 4 is 11.2 Å². The minimum atomic E-state index is -0.802. The Kier molecular flexibility index (Phi) is 3.08. The van der Waals surface area contributed by atoms with E-state index in [0.717, 1.165) is 17.0 Å². The Labute approximate surface area is 91.7 Å². The molecule has 0 aliphatic carbocycles. The number of H-pyrrole nitrogens is 1. The van der Waals surface area contributed by atoms with E-state index in [9.17, 15) is 4.55 Å². The Morgan fingerprint density at radius 1 is 1.47 bits per heavy atom. The molecule has 15 heavy (non-hydrogen) atoms. The Hall–Kier alpha value is -1.26. The molecular weight excluding hydrogens is 208 g/mol. The van der Waals surface area contributed by atoms with Crippen LogP contribution in [0.4, 0.5) is 0 Å². The van der Waals surface area contributed by atoms with Gasteiger partial charge in [0.15, 0.2) is 0 Å². The first kappa shape index (κ1) is 10.3. The molecule has 0 fully saturated rings. The SMILES string of the molecule is C[S+]([O-])Cc1cccc(-c2ncc[nH]2)c1. The molecule has 1 heterocycles. The van der Waals surface area contributed by atoms with Crippen LogP contribution in [0.2, 0.25) is 0 Å². The highest BCUT2D eigenvalue weighted by atomic mass is 32.2. The highest BCUT2D eigenvalue weighted by Crippen LogP contribution is 2.17. The molecule has 0 aliphatic heterocycles. The second-order valence-corrected chi connectivity index (χ2v) is 4.79. The molecule has 78 valence electrons. The summed E-state index contributed by atoms with van der Waals surface area (Å²) in [6.45, 7) is 0. The first-order valence-corrected chi connectivity index (χ1v) is 6.37. The van der Waals surface area contributed by atoms with Crippen LogP contribution in [0.1, 0.15) is 5.56 Å². The third-order valence-electron chi connectivity index (χ3n) is 2.07. The van der Waals surface area contributed by atoms with E-state index in [1.54, 1.807) is 18.6 Å². The molecule has 1 aromatic carbocycles. The van der Waals surface area contributed by atoms with E-state index in [4.69, 9.17) is 0 Å². The fourth-order valence-corrected chi connectivity index (χ4v) is 2.12. The third kappa shape index (κ3) is 2.61. The summed E-state index contributed by atoms with van der Waals surface area (Å²) in [5.74, 6) is 1.44. The fraction of sp³-hybridized carbons (Fsp3) is 0.182. The summed E-state index contributed by atoms with van der Waals surface area (Å²) in [4.78, 5) is 7.22. The number of nitrogens with one attached hydrogen (secondary N) is 1. The van der Waals surface area contributed by atoms with E-state index in [1.807, 2.05) is 24.3 Å². The van der Waals surface area contributed by atoms with Gasteiger partial charge in [0.1, 0.15) is 11.6 Å². The molecule has 0 saturated heterocycles. The molecule has 1 aromatic heterocycles. The van der Waals surface area contributed by atoms with Crippen molar-refractivity contribution in [1.29, 1.82) is 0 Å². The van der Waals surface area contributed by atoms with E-state index in [0.29, 0.717) is 5.75 Å². The van der Waals surface area contributed by atoms with Crippen molar-refractivity contribution in [1.82, 2.24) is 9.97 Å². The Bertz CT molecular complexity index is 426. The number of imidazole rings is 1. The van der Waals surface area contributed by atoms with Gasteiger partial charge in [-0.3, -0.25) is 0 Å². The Balaban J connectivity index is 2.27. The van der Waals surface area contributed by atoms with Gasteiger partial charge in [0, 0.05) is 23.5 Å². The monoisotopic (exact) mass is 220 g/mol. The lowest BCUT2D eigenvalue weighted by Gasteiger charge is -2.05. The number of rotatable bonds is 3. The van der Waals surface area contributed by atoms with Gasteiger partial charge in [-0.2, -0.15) is 0 Å². The first-order valence-electron chi connectivity index (χ1n) is 4.64. The maximum Gasteiger partial charge on any atom is 0.137 e. The maximum atomic E-state index is 11.1. The fourth-order valence-electron chi connectivity index (χ4n) is 1.47. The Morgan fingerprint density at radius 3 is 3.00 bits per heavy atom. The van der Waals surface area contributed by atoms with Crippen LogP contribution < -0.4 is 0 Å². The van der Waals surface area contributed by atoms with E-state index < -0.39 is 11.2 Å². The molecule has 1 atom stereocenters. The third-order valence-corrected chi connectivity index (χ3v) is 2.81. The van der Waals surface area contributed by atoms with Crippen molar-refractivity contribution in [2.45, 2.75) is 5.75 Å². The predicted octanol–water partition coefficient (Wildman–Crippen LogP) is 1.96. The van der Waals surface area contributed by atoms with Crippen molar-refractivity contribution in [3.05, 3.63) is 42.2 Å². The molecule has 2 aromatic rings. The van der Waals surface area contributed by atoms with E-state index >= 15 is 0 Å². The predicted molar refractivity (Wildman–Crippen MR) is 61.8 cm³/mol. The zero-order chi connectivity index (χ0) is 10.7. The molecule has 4 heteroatoms. The average Bonchev–Trinajstić information content (AvgIpc) is 2.69. The van der Waals surface area contributed by atoms with Crippen molar-refractivity contribution in [2.24, 2.45) is 0 Å². The van der Waals surface area contributed by atoms with Gasteiger partial charge >= 0.3 is 0 Å². The first-order chi connectivity index (χ1) is 7.25. The van der Waals surface area contributed by atoms with Crippen molar-refractivity contribution < 1.29 is 4.55 Å². The molecule has 0 radical (unpaired) electrons. The van der Waals surface area contributed by atoms with Gasteiger partial charge in [-0.15, -0.1) is 0 Å². The highest BCUT2D eigenvalue weighted by Gasteiger charge is 2.04. The number of benzene rings is 1. The summed E-state index contributed by atoms with van der Waals surface area (Å²) in [7, 11) is 0. The van der Waals surface area contributed by atoms with Gasteiger partial charge in [-0.25, -0.2) is 4.98 Å². The largest absolute Gasteiger partial charge is 0.616 e. The van der Waals surface area contributed by atoms with Crippen LogP contribution in [0, 0.1) is 0 Å². The molecule has 0 amide bonds. The van der Waals surface area contributed by atoms with E-state index in [2.05, 4.69) is 9.97 Å². The van der Waals surface area contributed by atoms with Gasteiger partial charge in [-0.1, -0.05) is 29.4 Å².